The van der Waals surface area contributed by atoms with Crippen LogP contribution in [0.1, 0.15) is 26.0 Å². The van der Waals surface area contributed by atoms with Crippen molar-refractivity contribution in [1.29, 1.82) is 0 Å². The standard InChI is InChI=1S/C18H22FNO3/c1-12(2)16(21)11-20-18(22)10-8-13-7-9-17(23-13)14-5-3-4-6-15(14)19/h3-7,9,12,16,21H,8,10-11H2,1-2H3,(H,20,22). The van der Waals surface area contributed by atoms with Crippen LogP contribution in [0, 0.1) is 11.7 Å². The fraction of sp³-hybridized carbons (Fsp3) is 0.389. The first-order valence-electron chi connectivity index (χ1n) is 7.75. The van der Waals surface area contributed by atoms with E-state index in [9.17, 15) is 14.3 Å². The van der Waals surface area contributed by atoms with Gasteiger partial charge in [-0.05, 0) is 30.2 Å². The van der Waals surface area contributed by atoms with Crippen LogP contribution in [0.25, 0.3) is 11.3 Å². The molecule has 0 radical (unpaired) electrons. The van der Waals surface area contributed by atoms with Gasteiger partial charge >= 0.3 is 0 Å². The molecule has 0 saturated carbocycles. The monoisotopic (exact) mass is 319 g/mol. The minimum absolute atomic E-state index is 0.101. The van der Waals surface area contributed by atoms with Crippen molar-refractivity contribution in [3.8, 4) is 11.3 Å². The third kappa shape index (κ3) is 4.93. The van der Waals surface area contributed by atoms with Crippen LogP contribution in [0.2, 0.25) is 0 Å². The van der Waals surface area contributed by atoms with Crippen LogP contribution in [0.4, 0.5) is 4.39 Å². The molecule has 4 nitrogen and oxygen atoms in total. The Labute approximate surface area is 135 Å². The van der Waals surface area contributed by atoms with Crippen molar-refractivity contribution in [2.24, 2.45) is 5.92 Å². The van der Waals surface area contributed by atoms with Crippen LogP contribution in [-0.2, 0) is 11.2 Å². The average Bonchev–Trinajstić information content (AvgIpc) is 2.99. The number of amides is 1. The molecular formula is C18H22FNO3. The molecule has 0 aliphatic carbocycles. The molecule has 1 aromatic heterocycles. The van der Waals surface area contributed by atoms with Gasteiger partial charge in [-0.3, -0.25) is 4.79 Å². The van der Waals surface area contributed by atoms with E-state index in [1.165, 1.54) is 6.07 Å². The molecule has 0 aliphatic heterocycles. The second kappa shape index (κ2) is 7.92. The molecule has 1 atom stereocenters. The van der Waals surface area contributed by atoms with Crippen molar-refractivity contribution in [3.63, 3.8) is 0 Å². The van der Waals surface area contributed by atoms with Gasteiger partial charge in [-0.15, -0.1) is 0 Å². The molecule has 0 aliphatic rings. The fourth-order valence-corrected chi connectivity index (χ4v) is 2.10. The molecule has 2 N–H and O–H groups in total. The van der Waals surface area contributed by atoms with E-state index < -0.39 is 6.10 Å². The molecule has 1 heterocycles. The Morgan fingerprint density at radius 3 is 2.70 bits per heavy atom. The lowest BCUT2D eigenvalue weighted by molar-refractivity contribution is -0.121. The second-order valence-electron chi connectivity index (χ2n) is 5.86. The third-order valence-corrected chi connectivity index (χ3v) is 3.68. The van der Waals surface area contributed by atoms with E-state index in [0.29, 0.717) is 23.5 Å². The molecule has 23 heavy (non-hydrogen) atoms. The summed E-state index contributed by atoms with van der Waals surface area (Å²) in [5.41, 5.74) is 0.406. The summed E-state index contributed by atoms with van der Waals surface area (Å²) in [6.07, 6.45) is 0.142. The minimum Gasteiger partial charge on any atom is -0.461 e. The van der Waals surface area contributed by atoms with Crippen molar-refractivity contribution < 1.29 is 18.7 Å². The van der Waals surface area contributed by atoms with Crippen LogP contribution in [0.5, 0.6) is 0 Å². The highest BCUT2D eigenvalue weighted by Crippen LogP contribution is 2.25. The first-order chi connectivity index (χ1) is 11.0. The SMILES string of the molecule is CC(C)C(O)CNC(=O)CCc1ccc(-c2ccccc2F)o1. The number of aryl methyl sites for hydroxylation is 1. The second-order valence-corrected chi connectivity index (χ2v) is 5.86. The van der Waals surface area contributed by atoms with Gasteiger partial charge in [0, 0.05) is 19.4 Å². The van der Waals surface area contributed by atoms with Gasteiger partial charge in [-0.25, -0.2) is 4.39 Å². The van der Waals surface area contributed by atoms with E-state index in [2.05, 4.69) is 5.32 Å². The maximum atomic E-state index is 13.7. The Bertz CT molecular complexity index is 651. The van der Waals surface area contributed by atoms with Crippen molar-refractivity contribution in [2.75, 3.05) is 6.54 Å². The normalized spacial score (nSPS) is 12.4. The fourth-order valence-electron chi connectivity index (χ4n) is 2.10. The van der Waals surface area contributed by atoms with E-state index in [0.717, 1.165) is 0 Å². The van der Waals surface area contributed by atoms with Gasteiger partial charge in [0.25, 0.3) is 0 Å². The Hall–Kier alpha value is -2.14. The molecule has 0 spiro atoms. The number of carbonyl (C=O) groups excluding carboxylic acids is 1. The zero-order valence-electron chi connectivity index (χ0n) is 13.4. The third-order valence-electron chi connectivity index (χ3n) is 3.68. The molecule has 124 valence electrons. The number of furan rings is 1. The zero-order chi connectivity index (χ0) is 16.8. The maximum Gasteiger partial charge on any atom is 0.220 e. The predicted molar refractivity (Wildman–Crippen MR) is 86.3 cm³/mol. The lowest BCUT2D eigenvalue weighted by Crippen LogP contribution is -2.34. The molecule has 1 unspecified atom stereocenters. The first kappa shape index (κ1) is 17.2. The average molecular weight is 319 g/mol. The molecule has 0 bridgehead atoms. The molecule has 1 amide bonds. The van der Waals surface area contributed by atoms with Crippen molar-refractivity contribution >= 4 is 5.91 Å². The lowest BCUT2D eigenvalue weighted by Gasteiger charge is -2.14. The van der Waals surface area contributed by atoms with Gasteiger partial charge in [0.15, 0.2) is 0 Å². The van der Waals surface area contributed by atoms with Gasteiger partial charge in [0.05, 0.1) is 11.7 Å². The van der Waals surface area contributed by atoms with Gasteiger partial charge in [-0.2, -0.15) is 0 Å². The number of hydrogen-bond acceptors (Lipinski definition) is 3. The summed E-state index contributed by atoms with van der Waals surface area (Å²) in [5, 5.41) is 12.3. The Kier molecular flexibility index (Phi) is 5.93. The van der Waals surface area contributed by atoms with Crippen molar-refractivity contribution in [2.45, 2.75) is 32.8 Å². The first-order valence-corrected chi connectivity index (χ1v) is 7.75. The van der Waals surface area contributed by atoms with Gasteiger partial charge < -0.3 is 14.8 Å². The molecule has 0 fully saturated rings. The number of aliphatic hydroxyl groups is 1. The Morgan fingerprint density at radius 1 is 1.26 bits per heavy atom. The van der Waals surface area contributed by atoms with Crippen LogP contribution < -0.4 is 5.32 Å². The summed E-state index contributed by atoms with van der Waals surface area (Å²) >= 11 is 0. The van der Waals surface area contributed by atoms with E-state index >= 15 is 0 Å². The zero-order valence-corrected chi connectivity index (χ0v) is 13.4. The Morgan fingerprint density at radius 2 is 2.00 bits per heavy atom. The number of benzene rings is 1. The van der Waals surface area contributed by atoms with Crippen molar-refractivity contribution in [1.82, 2.24) is 5.32 Å². The van der Waals surface area contributed by atoms with Crippen LogP contribution in [0.3, 0.4) is 0 Å². The topological polar surface area (TPSA) is 62.5 Å². The van der Waals surface area contributed by atoms with Crippen LogP contribution in [0.15, 0.2) is 40.8 Å². The van der Waals surface area contributed by atoms with Gasteiger partial charge in [0.1, 0.15) is 17.3 Å². The predicted octanol–water partition coefficient (Wildman–Crippen LogP) is 3.15. The summed E-state index contributed by atoms with van der Waals surface area (Å²) in [6.45, 7) is 4.03. The quantitative estimate of drug-likeness (QED) is 0.824. The smallest absolute Gasteiger partial charge is 0.220 e. The van der Waals surface area contributed by atoms with Crippen LogP contribution in [-0.4, -0.2) is 23.7 Å². The Balaban J connectivity index is 1.86. The minimum atomic E-state index is -0.546. The van der Waals surface area contributed by atoms with Gasteiger partial charge in [0.2, 0.25) is 5.91 Å². The summed E-state index contributed by atoms with van der Waals surface area (Å²) in [4.78, 5) is 11.8. The highest BCUT2D eigenvalue weighted by Gasteiger charge is 2.12. The largest absolute Gasteiger partial charge is 0.461 e. The summed E-state index contributed by atoms with van der Waals surface area (Å²) < 4.78 is 19.3. The number of aliphatic hydroxyl groups excluding tert-OH is 1. The highest BCUT2D eigenvalue weighted by atomic mass is 19.1. The van der Waals surface area contributed by atoms with Crippen molar-refractivity contribution in [3.05, 3.63) is 48.0 Å². The number of carbonyl (C=O) groups is 1. The number of nitrogens with one attached hydrogen (secondary N) is 1. The van der Waals surface area contributed by atoms with E-state index in [1.807, 2.05) is 13.8 Å². The number of rotatable bonds is 7. The van der Waals surface area contributed by atoms with E-state index in [1.54, 1.807) is 30.3 Å². The lowest BCUT2D eigenvalue weighted by atomic mass is 10.1. The molecule has 1 aromatic carbocycles. The van der Waals surface area contributed by atoms with Gasteiger partial charge in [-0.1, -0.05) is 26.0 Å². The molecular weight excluding hydrogens is 297 g/mol. The highest BCUT2D eigenvalue weighted by molar-refractivity contribution is 5.76. The maximum absolute atomic E-state index is 13.7. The molecule has 5 heteroatoms. The number of halogens is 1. The van der Waals surface area contributed by atoms with Crippen LogP contribution >= 0.6 is 0 Å². The summed E-state index contributed by atoms with van der Waals surface area (Å²) in [7, 11) is 0. The van der Waals surface area contributed by atoms with E-state index in [-0.39, 0.29) is 30.6 Å². The summed E-state index contributed by atoms with van der Waals surface area (Å²) in [6, 6.07) is 9.85. The molecule has 0 saturated heterocycles. The summed E-state index contributed by atoms with van der Waals surface area (Å²) in [5.74, 6) is 0.697. The van der Waals surface area contributed by atoms with E-state index in [4.69, 9.17) is 4.42 Å². The number of hydrogen-bond donors (Lipinski definition) is 2. The molecule has 2 aromatic rings. The molecule has 2 rings (SSSR count).